The van der Waals surface area contributed by atoms with E-state index in [0.717, 1.165) is 12.4 Å². The second-order valence-electron chi connectivity index (χ2n) is 4.75. The average molecular weight is 285 g/mol. The fourth-order valence-corrected chi connectivity index (χ4v) is 2.09. The molecule has 0 aliphatic rings. The van der Waals surface area contributed by atoms with E-state index in [0.29, 0.717) is 22.7 Å². The third-order valence-corrected chi connectivity index (χ3v) is 3.17. The van der Waals surface area contributed by atoms with Gasteiger partial charge in [0, 0.05) is 24.6 Å². The first kappa shape index (κ1) is 13.4. The number of aryl methyl sites for hydroxylation is 1. The molecule has 0 spiro atoms. The lowest BCUT2D eigenvalue weighted by Crippen LogP contribution is -2.05. The molecule has 3 rings (SSSR count). The summed E-state index contributed by atoms with van der Waals surface area (Å²) < 4.78 is 15.5. The molecule has 2 heterocycles. The minimum absolute atomic E-state index is 0.248. The molecule has 2 aromatic heterocycles. The van der Waals surface area contributed by atoms with Crippen LogP contribution in [-0.2, 0) is 0 Å². The molecule has 0 amide bonds. The van der Waals surface area contributed by atoms with Gasteiger partial charge in [-0.3, -0.25) is 0 Å². The van der Waals surface area contributed by atoms with E-state index in [2.05, 4.69) is 20.6 Å². The zero-order chi connectivity index (χ0) is 14.8. The molecular formula is C15H16FN5. The Balaban J connectivity index is 2.01. The van der Waals surface area contributed by atoms with Crippen molar-refractivity contribution in [2.75, 3.05) is 17.2 Å². The van der Waals surface area contributed by atoms with Crippen LogP contribution in [0.15, 0.2) is 36.8 Å². The van der Waals surface area contributed by atoms with E-state index in [-0.39, 0.29) is 5.82 Å². The summed E-state index contributed by atoms with van der Waals surface area (Å²) in [5, 5.41) is 6.29. The molecule has 0 radical (unpaired) electrons. The first-order valence-electron chi connectivity index (χ1n) is 6.78. The van der Waals surface area contributed by atoms with Gasteiger partial charge in [0.15, 0.2) is 11.5 Å². The van der Waals surface area contributed by atoms with Crippen molar-refractivity contribution in [3.05, 3.63) is 48.2 Å². The molecular weight excluding hydrogens is 269 g/mol. The summed E-state index contributed by atoms with van der Waals surface area (Å²) in [4.78, 5) is 8.75. The maximum atomic E-state index is 13.6. The first-order chi connectivity index (χ1) is 10.2. The highest BCUT2D eigenvalue weighted by molar-refractivity contribution is 5.71. The summed E-state index contributed by atoms with van der Waals surface area (Å²) in [6.45, 7) is 4.50. The van der Waals surface area contributed by atoms with Gasteiger partial charge >= 0.3 is 0 Å². The number of anilines is 3. The van der Waals surface area contributed by atoms with Gasteiger partial charge in [-0.2, -0.15) is 0 Å². The zero-order valence-corrected chi connectivity index (χ0v) is 11.9. The Morgan fingerprint density at radius 1 is 1.33 bits per heavy atom. The van der Waals surface area contributed by atoms with Crippen LogP contribution in [0, 0.1) is 12.7 Å². The Morgan fingerprint density at radius 3 is 2.95 bits per heavy atom. The number of benzene rings is 1. The normalized spacial score (nSPS) is 10.8. The molecule has 5 nitrogen and oxygen atoms in total. The molecule has 0 saturated heterocycles. The van der Waals surface area contributed by atoms with Crippen LogP contribution >= 0.6 is 0 Å². The van der Waals surface area contributed by atoms with Gasteiger partial charge in [0.2, 0.25) is 0 Å². The number of hydrogen-bond acceptors (Lipinski definition) is 4. The summed E-state index contributed by atoms with van der Waals surface area (Å²) >= 11 is 0. The first-order valence-corrected chi connectivity index (χ1v) is 6.78. The lowest BCUT2D eigenvalue weighted by Gasteiger charge is -2.10. The van der Waals surface area contributed by atoms with E-state index in [4.69, 9.17) is 0 Å². The Morgan fingerprint density at radius 2 is 2.19 bits per heavy atom. The molecule has 2 N–H and O–H groups in total. The number of hydrogen-bond donors (Lipinski definition) is 2. The number of halogens is 1. The van der Waals surface area contributed by atoms with Crippen LogP contribution in [0.4, 0.5) is 21.7 Å². The summed E-state index contributed by atoms with van der Waals surface area (Å²) in [5.74, 6) is 1.07. The van der Waals surface area contributed by atoms with Crippen molar-refractivity contribution in [2.45, 2.75) is 13.8 Å². The van der Waals surface area contributed by atoms with E-state index in [9.17, 15) is 4.39 Å². The van der Waals surface area contributed by atoms with Gasteiger partial charge in [-0.1, -0.05) is 6.07 Å². The third kappa shape index (κ3) is 2.65. The zero-order valence-electron chi connectivity index (χ0n) is 11.9. The van der Waals surface area contributed by atoms with Crippen LogP contribution in [0.2, 0.25) is 0 Å². The SMILES string of the molecule is CCNc1cn2ccnc2c(Nc2ccc(C)c(F)c2)n1. The summed E-state index contributed by atoms with van der Waals surface area (Å²) in [6.07, 6.45) is 5.42. The molecule has 0 aliphatic heterocycles. The van der Waals surface area contributed by atoms with Gasteiger partial charge in [0.1, 0.15) is 11.6 Å². The summed E-state index contributed by atoms with van der Waals surface area (Å²) in [6, 6.07) is 5.00. The Hall–Kier alpha value is -2.63. The maximum Gasteiger partial charge on any atom is 0.180 e. The van der Waals surface area contributed by atoms with E-state index < -0.39 is 0 Å². The predicted octanol–water partition coefficient (Wildman–Crippen LogP) is 3.35. The van der Waals surface area contributed by atoms with E-state index >= 15 is 0 Å². The lowest BCUT2D eigenvalue weighted by atomic mass is 10.2. The number of imidazole rings is 1. The fourth-order valence-electron chi connectivity index (χ4n) is 2.09. The minimum Gasteiger partial charge on any atom is -0.369 e. The Labute approximate surface area is 121 Å². The number of nitrogens with one attached hydrogen (secondary N) is 2. The Bertz CT molecular complexity index is 781. The molecule has 21 heavy (non-hydrogen) atoms. The molecule has 0 bridgehead atoms. The van der Waals surface area contributed by atoms with Gasteiger partial charge in [-0.15, -0.1) is 0 Å². The molecule has 1 aromatic carbocycles. The quantitative estimate of drug-likeness (QED) is 0.772. The number of nitrogens with zero attached hydrogens (tertiary/aromatic N) is 3. The van der Waals surface area contributed by atoms with Gasteiger partial charge in [-0.05, 0) is 31.5 Å². The lowest BCUT2D eigenvalue weighted by molar-refractivity contribution is 0.619. The highest BCUT2D eigenvalue weighted by Gasteiger charge is 2.08. The largest absolute Gasteiger partial charge is 0.369 e. The molecule has 108 valence electrons. The van der Waals surface area contributed by atoms with Crippen molar-refractivity contribution in [1.82, 2.24) is 14.4 Å². The van der Waals surface area contributed by atoms with Gasteiger partial charge in [0.05, 0.1) is 6.20 Å². The monoisotopic (exact) mass is 285 g/mol. The summed E-state index contributed by atoms with van der Waals surface area (Å²) in [5.41, 5.74) is 1.95. The molecule has 3 aromatic rings. The van der Waals surface area contributed by atoms with Crippen molar-refractivity contribution < 1.29 is 4.39 Å². The van der Waals surface area contributed by atoms with E-state index in [1.165, 1.54) is 6.07 Å². The maximum absolute atomic E-state index is 13.6. The minimum atomic E-state index is -0.248. The third-order valence-electron chi connectivity index (χ3n) is 3.17. The number of aromatic nitrogens is 3. The molecule has 0 unspecified atom stereocenters. The average Bonchev–Trinajstić information content (AvgIpc) is 2.92. The van der Waals surface area contributed by atoms with Crippen molar-refractivity contribution in [3.63, 3.8) is 0 Å². The van der Waals surface area contributed by atoms with Gasteiger partial charge in [-0.25, -0.2) is 14.4 Å². The van der Waals surface area contributed by atoms with Crippen LogP contribution in [0.25, 0.3) is 5.65 Å². The smallest absolute Gasteiger partial charge is 0.180 e. The van der Waals surface area contributed by atoms with Crippen LogP contribution in [0.5, 0.6) is 0 Å². The highest BCUT2D eigenvalue weighted by Crippen LogP contribution is 2.22. The van der Waals surface area contributed by atoms with Crippen LogP contribution in [0.1, 0.15) is 12.5 Å². The van der Waals surface area contributed by atoms with Crippen LogP contribution < -0.4 is 10.6 Å². The molecule has 0 atom stereocenters. The number of rotatable bonds is 4. The topological polar surface area (TPSA) is 54.2 Å². The molecule has 0 fully saturated rings. The van der Waals surface area contributed by atoms with Crippen molar-refractivity contribution in [3.8, 4) is 0 Å². The standard InChI is InChI=1S/C15H16FN5/c1-3-17-13-9-21-7-6-18-15(21)14(20-13)19-11-5-4-10(2)12(16)8-11/h4-9,17H,3H2,1-2H3,(H,19,20). The van der Waals surface area contributed by atoms with Crippen LogP contribution in [-0.4, -0.2) is 20.9 Å². The van der Waals surface area contributed by atoms with Gasteiger partial charge < -0.3 is 15.0 Å². The van der Waals surface area contributed by atoms with E-state index in [1.54, 1.807) is 19.2 Å². The second kappa shape index (κ2) is 5.40. The summed E-state index contributed by atoms with van der Waals surface area (Å²) in [7, 11) is 0. The number of fused-ring (bicyclic) bond motifs is 1. The van der Waals surface area contributed by atoms with Crippen molar-refractivity contribution in [1.29, 1.82) is 0 Å². The molecule has 6 heteroatoms. The Kier molecular flexibility index (Phi) is 3.43. The van der Waals surface area contributed by atoms with E-state index in [1.807, 2.05) is 29.8 Å². The molecule has 0 aliphatic carbocycles. The predicted molar refractivity (Wildman–Crippen MR) is 81.6 cm³/mol. The highest BCUT2D eigenvalue weighted by atomic mass is 19.1. The van der Waals surface area contributed by atoms with Crippen molar-refractivity contribution >= 4 is 23.0 Å². The second-order valence-corrected chi connectivity index (χ2v) is 4.75. The van der Waals surface area contributed by atoms with Crippen LogP contribution in [0.3, 0.4) is 0 Å². The fraction of sp³-hybridized carbons (Fsp3) is 0.200. The van der Waals surface area contributed by atoms with Crippen molar-refractivity contribution in [2.24, 2.45) is 0 Å². The van der Waals surface area contributed by atoms with Gasteiger partial charge in [0.25, 0.3) is 0 Å². The molecule has 0 saturated carbocycles.